The normalized spacial score (nSPS) is 11.4. The molecule has 0 amide bonds. The third kappa shape index (κ3) is 3.69. The van der Waals surface area contributed by atoms with Crippen molar-refractivity contribution in [2.24, 2.45) is 0 Å². The molecule has 0 fully saturated rings. The van der Waals surface area contributed by atoms with E-state index in [4.69, 9.17) is 17.3 Å². The van der Waals surface area contributed by atoms with Gasteiger partial charge in [0, 0.05) is 11.8 Å². The van der Waals surface area contributed by atoms with Gasteiger partial charge in [0.2, 0.25) is 0 Å². The molecular weight excluding hydrogens is 219 g/mol. The SMILES string of the molecule is Nc1cc(Cl)nc(NCC(F)(F)F)c1. The van der Waals surface area contributed by atoms with Gasteiger partial charge in [0.05, 0.1) is 0 Å². The van der Waals surface area contributed by atoms with Crippen LogP contribution in [0.2, 0.25) is 5.15 Å². The first kappa shape index (κ1) is 10.9. The Labute approximate surface area is 83.1 Å². The van der Waals surface area contributed by atoms with Crippen LogP contribution < -0.4 is 11.1 Å². The van der Waals surface area contributed by atoms with E-state index in [1.165, 1.54) is 12.1 Å². The molecule has 0 saturated carbocycles. The molecular formula is C7H7ClF3N3. The molecule has 0 aromatic carbocycles. The molecule has 0 radical (unpaired) electrons. The molecule has 0 bridgehead atoms. The Morgan fingerprint density at radius 3 is 2.57 bits per heavy atom. The largest absolute Gasteiger partial charge is 0.405 e. The smallest absolute Gasteiger partial charge is 0.399 e. The van der Waals surface area contributed by atoms with E-state index >= 15 is 0 Å². The lowest BCUT2D eigenvalue weighted by Gasteiger charge is -2.09. The number of nitrogens with two attached hydrogens (primary N) is 1. The van der Waals surface area contributed by atoms with Gasteiger partial charge in [-0.1, -0.05) is 11.6 Å². The van der Waals surface area contributed by atoms with E-state index in [2.05, 4.69) is 10.3 Å². The number of nitrogens with one attached hydrogen (secondary N) is 1. The van der Waals surface area contributed by atoms with Crippen LogP contribution in [0.15, 0.2) is 12.1 Å². The zero-order valence-corrected chi connectivity index (χ0v) is 7.65. The van der Waals surface area contributed by atoms with E-state index in [1.54, 1.807) is 0 Å². The first-order valence-corrected chi connectivity index (χ1v) is 3.98. The van der Waals surface area contributed by atoms with Gasteiger partial charge in [-0.05, 0) is 6.07 Å². The average Bonchev–Trinajstić information content (AvgIpc) is 1.97. The molecule has 3 nitrogen and oxygen atoms in total. The summed E-state index contributed by atoms with van der Waals surface area (Å²) in [4.78, 5) is 3.61. The molecule has 0 unspecified atom stereocenters. The third-order valence-electron chi connectivity index (χ3n) is 1.29. The standard InChI is InChI=1S/C7H7ClF3N3/c8-5-1-4(12)2-6(14-5)13-3-7(9,10)11/h1-2H,3H2,(H3,12,13,14). The summed E-state index contributed by atoms with van der Waals surface area (Å²) in [6.07, 6.45) is -4.29. The second-order valence-electron chi connectivity index (χ2n) is 2.58. The van der Waals surface area contributed by atoms with Crippen LogP contribution in [0.4, 0.5) is 24.7 Å². The third-order valence-corrected chi connectivity index (χ3v) is 1.48. The van der Waals surface area contributed by atoms with Gasteiger partial charge >= 0.3 is 6.18 Å². The highest BCUT2D eigenvalue weighted by atomic mass is 35.5. The maximum atomic E-state index is 11.8. The number of halogens is 4. The molecule has 1 heterocycles. The van der Waals surface area contributed by atoms with Crippen LogP contribution in [0, 0.1) is 0 Å². The van der Waals surface area contributed by atoms with Gasteiger partial charge in [-0.3, -0.25) is 0 Å². The summed E-state index contributed by atoms with van der Waals surface area (Å²) < 4.78 is 35.4. The van der Waals surface area contributed by atoms with Gasteiger partial charge in [-0.25, -0.2) is 4.98 Å². The number of hydrogen-bond donors (Lipinski definition) is 2. The number of anilines is 2. The Kier molecular flexibility index (Phi) is 3.05. The first-order chi connectivity index (χ1) is 6.37. The van der Waals surface area contributed by atoms with E-state index < -0.39 is 12.7 Å². The van der Waals surface area contributed by atoms with Gasteiger partial charge in [0.25, 0.3) is 0 Å². The quantitative estimate of drug-likeness (QED) is 0.760. The minimum Gasteiger partial charge on any atom is -0.399 e. The highest BCUT2D eigenvalue weighted by Crippen LogP contribution is 2.19. The van der Waals surface area contributed by atoms with Gasteiger partial charge < -0.3 is 11.1 Å². The Morgan fingerprint density at radius 1 is 1.43 bits per heavy atom. The molecule has 3 N–H and O–H groups in total. The van der Waals surface area contributed by atoms with Gasteiger partial charge in [-0.15, -0.1) is 0 Å². The van der Waals surface area contributed by atoms with Crippen LogP contribution in [-0.4, -0.2) is 17.7 Å². The van der Waals surface area contributed by atoms with Crippen molar-refractivity contribution >= 4 is 23.1 Å². The molecule has 0 aliphatic heterocycles. The minimum absolute atomic E-state index is 0.00678. The van der Waals surface area contributed by atoms with Gasteiger partial charge in [-0.2, -0.15) is 13.2 Å². The topological polar surface area (TPSA) is 50.9 Å². The van der Waals surface area contributed by atoms with Crippen molar-refractivity contribution < 1.29 is 13.2 Å². The highest BCUT2D eigenvalue weighted by molar-refractivity contribution is 6.29. The molecule has 0 aliphatic rings. The van der Waals surface area contributed by atoms with Gasteiger partial charge in [0.1, 0.15) is 17.5 Å². The van der Waals surface area contributed by atoms with Crippen LogP contribution in [0.1, 0.15) is 0 Å². The predicted molar refractivity (Wildman–Crippen MR) is 48.2 cm³/mol. The molecule has 1 rings (SSSR count). The lowest BCUT2D eigenvalue weighted by atomic mass is 10.4. The number of pyridine rings is 1. The molecule has 1 aromatic heterocycles. The van der Waals surface area contributed by atoms with E-state index in [0.717, 1.165) is 0 Å². The maximum absolute atomic E-state index is 11.8. The van der Waals surface area contributed by atoms with Crippen molar-refractivity contribution in [3.63, 3.8) is 0 Å². The Morgan fingerprint density at radius 2 is 2.07 bits per heavy atom. The van der Waals surface area contributed by atoms with Crippen LogP contribution in [0.5, 0.6) is 0 Å². The summed E-state index contributed by atoms with van der Waals surface area (Å²) in [6, 6.07) is 2.62. The fourth-order valence-electron chi connectivity index (χ4n) is 0.798. The molecule has 7 heteroatoms. The summed E-state index contributed by atoms with van der Waals surface area (Å²) >= 11 is 5.49. The van der Waals surface area contributed by atoms with Crippen molar-refractivity contribution in [3.05, 3.63) is 17.3 Å². The lowest BCUT2D eigenvalue weighted by Crippen LogP contribution is -2.21. The van der Waals surface area contributed by atoms with E-state index in [-0.39, 0.29) is 16.7 Å². The number of aromatic nitrogens is 1. The molecule has 0 atom stereocenters. The van der Waals surface area contributed by atoms with Crippen molar-refractivity contribution in [1.29, 1.82) is 0 Å². The average molecular weight is 226 g/mol. The molecule has 1 aromatic rings. The summed E-state index contributed by atoms with van der Waals surface area (Å²) in [5.74, 6) is 0.00678. The maximum Gasteiger partial charge on any atom is 0.405 e. The van der Waals surface area contributed by atoms with E-state index in [1.807, 2.05) is 0 Å². The Hall–Kier alpha value is -1.17. The van der Waals surface area contributed by atoms with E-state index in [0.29, 0.717) is 0 Å². The van der Waals surface area contributed by atoms with Crippen molar-refractivity contribution in [1.82, 2.24) is 4.98 Å². The second kappa shape index (κ2) is 3.91. The van der Waals surface area contributed by atoms with Crippen LogP contribution in [0.3, 0.4) is 0 Å². The first-order valence-electron chi connectivity index (χ1n) is 3.60. The fourth-order valence-corrected chi connectivity index (χ4v) is 1.02. The molecule has 0 saturated heterocycles. The lowest BCUT2D eigenvalue weighted by molar-refractivity contribution is -0.115. The summed E-state index contributed by atoms with van der Waals surface area (Å²) in [5, 5.41) is 2.12. The highest BCUT2D eigenvalue weighted by Gasteiger charge is 2.26. The molecule has 0 aliphatic carbocycles. The van der Waals surface area contributed by atoms with Crippen molar-refractivity contribution in [3.8, 4) is 0 Å². The predicted octanol–water partition coefficient (Wildman–Crippen LogP) is 2.29. The van der Waals surface area contributed by atoms with Crippen LogP contribution >= 0.6 is 11.6 Å². The zero-order valence-electron chi connectivity index (χ0n) is 6.90. The van der Waals surface area contributed by atoms with Crippen LogP contribution in [0.25, 0.3) is 0 Å². The second-order valence-corrected chi connectivity index (χ2v) is 2.96. The molecule has 14 heavy (non-hydrogen) atoms. The Bertz CT molecular complexity index is 306. The fraction of sp³-hybridized carbons (Fsp3) is 0.286. The minimum atomic E-state index is -4.29. The number of alkyl halides is 3. The number of nitrogens with zero attached hydrogens (tertiary/aromatic N) is 1. The summed E-state index contributed by atoms with van der Waals surface area (Å²) in [5.41, 5.74) is 5.61. The van der Waals surface area contributed by atoms with Crippen LogP contribution in [-0.2, 0) is 0 Å². The van der Waals surface area contributed by atoms with E-state index in [9.17, 15) is 13.2 Å². The monoisotopic (exact) mass is 225 g/mol. The Balaban J connectivity index is 2.68. The van der Waals surface area contributed by atoms with Crippen molar-refractivity contribution in [2.75, 3.05) is 17.6 Å². The summed E-state index contributed by atoms with van der Waals surface area (Å²) in [6.45, 7) is -1.17. The van der Waals surface area contributed by atoms with Crippen molar-refractivity contribution in [2.45, 2.75) is 6.18 Å². The number of nitrogen functional groups attached to an aromatic ring is 1. The number of hydrogen-bond acceptors (Lipinski definition) is 3. The zero-order chi connectivity index (χ0) is 10.8. The molecule has 78 valence electrons. The molecule has 0 spiro atoms. The van der Waals surface area contributed by atoms with Gasteiger partial charge in [0.15, 0.2) is 0 Å². The number of rotatable bonds is 2. The summed E-state index contributed by atoms with van der Waals surface area (Å²) in [7, 11) is 0.